The van der Waals surface area contributed by atoms with E-state index in [1.807, 2.05) is 24.3 Å². The van der Waals surface area contributed by atoms with Crippen molar-refractivity contribution in [1.82, 2.24) is 9.97 Å². The molecular formula is C12H7N2S. The van der Waals surface area contributed by atoms with E-state index in [4.69, 9.17) is 0 Å². The number of aromatic nitrogens is 2. The SMILES string of the molecule is [c]1cccc2sc(-c3ccncc3)nc12. The Balaban J connectivity index is 2.21. The maximum atomic E-state index is 4.52. The van der Waals surface area contributed by atoms with Crippen molar-refractivity contribution in [2.45, 2.75) is 0 Å². The average molecular weight is 211 g/mol. The van der Waals surface area contributed by atoms with Crippen LogP contribution < -0.4 is 0 Å². The van der Waals surface area contributed by atoms with E-state index in [9.17, 15) is 0 Å². The minimum atomic E-state index is 0.939. The Morgan fingerprint density at radius 2 is 2.00 bits per heavy atom. The third-order valence-electron chi connectivity index (χ3n) is 2.14. The van der Waals surface area contributed by atoms with Crippen molar-refractivity contribution in [3.8, 4) is 10.6 Å². The predicted molar refractivity (Wildman–Crippen MR) is 61.7 cm³/mol. The number of fused-ring (bicyclic) bond motifs is 1. The van der Waals surface area contributed by atoms with Crippen molar-refractivity contribution in [2.75, 3.05) is 0 Å². The molecule has 2 nitrogen and oxygen atoms in total. The number of benzene rings is 1. The van der Waals surface area contributed by atoms with Crippen molar-refractivity contribution >= 4 is 21.6 Å². The van der Waals surface area contributed by atoms with E-state index in [0.29, 0.717) is 0 Å². The second-order valence-corrected chi connectivity index (χ2v) is 4.17. The molecule has 0 atom stereocenters. The van der Waals surface area contributed by atoms with Crippen molar-refractivity contribution < 1.29 is 0 Å². The first-order valence-electron chi connectivity index (χ1n) is 4.61. The molecule has 0 amide bonds. The van der Waals surface area contributed by atoms with E-state index in [1.54, 1.807) is 23.7 Å². The van der Waals surface area contributed by atoms with Crippen LogP contribution >= 0.6 is 11.3 Å². The average Bonchev–Trinajstić information content (AvgIpc) is 2.74. The molecular weight excluding hydrogens is 204 g/mol. The highest BCUT2D eigenvalue weighted by Crippen LogP contribution is 2.28. The molecule has 15 heavy (non-hydrogen) atoms. The maximum Gasteiger partial charge on any atom is 0.124 e. The minimum absolute atomic E-state index is 0.939. The van der Waals surface area contributed by atoms with Gasteiger partial charge in [-0.15, -0.1) is 11.3 Å². The van der Waals surface area contributed by atoms with Gasteiger partial charge in [0.05, 0.1) is 10.2 Å². The number of rotatable bonds is 1. The lowest BCUT2D eigenvalue weighted by atomic mass is 10.3. The van der Waals surface area contributed by atoms with E-state index < -0.39 is 0 Å². The fourth-order valence-corrected chi connectivity index (χ4v) is 2.38. The Hall–Kier alpha value is -1.74. The van der Waals surface area contributed by atoms with Crippen LogP contribution in [0.4, 0.5) is 0 Å². The monoisotopic (exact) mass is 211 g/mol. The summed E-state index contributed by atoms with van der Waals surface area (Å²) >= 11 is 1.68. The zero-order chi connectivity index (χ0) is 10.1. The Labute approximate surface area is 91.2 Å². The number of thiazole rings is 1. The molecule has 0 aliphatic carbocycles. The largest absolute Gasteiger partial charge is 0.265 e. The van der Waals surface area contributed by atoms with Gasteiger partial charge in [-0.2, -0.15) is 0 Å². The number of hydrogen-bond acceptors (Lipinski definition) is 3. The molecule has 0 unspecified atom stereocenters. The van der Waals surface area contributed by atoms with E-state index >= 15 is 0 Å². The van der Waals surface area contributed by atoms with Gasteiger partial charge in [0.2, 0.25) is 0 Å². The summed E-state index contributed by atoms with van der Waals surface area (Å²) in [6, 6.07) is 13.0. The van der Waals surface area contributed by atoms with Gasteiger partial charge < -0.3 is 0 Å². The van der Waals surface area contributed by atoms with Crippen LogP contribution in [-0.2, 0) is 0 Å². The molecule has 71 valence electrons. The van der Waals surface area contributed by atoms with Gasteiger partial charge in [-0.1, -0.05) is 12.1 Å². The summed E-state index contributed by atoms with van der Waals surface area (Å²) in [5.41, 5.74) is 2.05. The Bertz CT molecular complexity index is 554. The molecule has 3 rings (SSSR count). The Morgan fingerprint density at radius 1 is 1.13 bits per heavy atom. The smallest absolute Gasteiger partial charge is 0.124 e. The lowest BCUT2D eigenvalue weighted by molar-refractivity contribution is 1.32. The Morgan fingerprint density at radius 3 is 2.80 bits per heavy atom. The van der Waals surface area contributed by atoms with Gasteiger partial charge in [0, 0.05) is 24.0 Å². The zero-order valence-corrected chi connectivity index (χ0v) is 8.66. The van der Waals surface area contributed by atoms with Crippen LogP contribution in [0.15, 0.2) is 42.7 Å². The van der Waals surface area contributed by atoms with Gasteiger partial charge in [-0.25, -0.2) is 4.98 Å². The first-order chi connectivity index (χ1) is 7.43. The summed E-state index contributed by atoms with van der Waals surface area (Å²) in [5.74, 6) is 0. The summed E-state index contributed by atoms with van der Waals surface area (Å²) in [6.07, 6.45) is 3.57. The molecule has 0 bridgehead atoms. The van der Waals surface area contributed by atoms with Crippen LogP contribution in [0.1, 0.15) is 0 Å². The van der Waals surface area contributed by atoms with Crippen LogP contribution in [0, 0.1) is 6.07 Å². The molecule has 0 aliphatic heterocycles. The maximum absolute atomic E-state index is 4.52. The number of hydrogen-bond donors (Lipinski definition) is 0. The molecule has 0 fully saturated rings. The molecule has 1 radical (unpaired) electrons. The normalized spacial score (nSPS) is 10.7. The second kappa shape index (κ2) is 3.44. The van der Waals surface area contributed by atoms with Crippen LogP contribution in [0.2, 0.25) is 0 Å². The third-order valence-corrected chi connectivity index (χ3v) is 3.21. The molecule has 1 aromatic carbocycles. The molecule has 0 saturated heterocycles. The molecule has 0 aliphatic rings. The third kappa shape index (κ3) is 1.51. The highest BCUT2D eigenvalue weighted by atomic mass is 32.1. The lowest BCUT2D eigenvalue weighted by Crippen LogP contribution is -1.75. The number of nitrogens with zero attached hydrogens (tertiary/aromatic N) is 2. The fraction of sp³-hybridized carbons (Fsp3) is 0. The lowest BCUT2D eigenvalue weighted by Gasteiger charge is -1.91. The summed E-state index contributed by atoms with van der Waals surface area (Å²) in [6.45, 7) is 0. The number of pyridine rings is 1. The van der Waals surface area contributed by atoms with Gasteiger partial charge >= 0.3 is 0 Å². The van der Waals surface area contributed by atoms with Gasteiger partial charge in [0.25, 0.3) is 0 Å². The first kappa shape index (κ1) is 8.56. The van der Waals surface area contributed by atoms with Gasteiger partial charge in [-0.3, -0.25) is 4.98 Å². The molecule has 0 N–H and O–H groups in total. The molecule has 3 heteroatoms. The highest BCUT2D eigenvalue weighted by Gasteiger charge is 2.04. The quantitative estimate of drug-likeness (QED) is 0.618. The topological polar surface area (TPSA) is 25.8 Å². The van der Waals surface area contributed by atoms with Crippen molar-refractivity contribution in [3.63, 3.8) is 0 Å². The minimum Gasteiger partial charge on any atom is -0.265 e. The summed E-state index contributed by atoms with van der Waals surface area (Å²) in [4.78, 5) is 8.51. The second-order valence-electron chi connectivity index (χ2n) is 3.14. The summed E-state index contributed by atoms with van der Waals surface area (Å²) in [7, 11) is 0. The zero-order valence-electron chi connectivity index (χ0n) is 7.84. The van der Waals surface area contributed by atoms with E-state index in [1.165, 1.54) is 4.70 Å². The predicted octanol–water partition coefficient (Wildman–Crippen LogP) is 3.16. The molecule has 0 spiro atoms. The van der Waals surface area contributed by atoms with E-state index in [2.05, 4.69) is 22.1 Å². The molecule has 0 saturated carbocycles. The van der Waals surface area contributed by atoms with Gasteiger partial charge in [-0.05, 0) is 18.2 Å². The first-order valence-corrected chi connectivity index (χ1v) is 5.43. The van der Waals surface area contributed by atoms with Crippen molar-refractivity contribution in [1.29, 1.82) is 0 Å². The molecule has 2 heterocycles. The van der Waals surface area contributed by atoms with Crippen LogP contribution in [0.5, 0.6) is 0 Å². The van der Waals surface area contributed by atoms with E-state index in [0.717, 1.165) is 16.1 Å². The number of para-hydroxylation sites is 1. The fourth-order valence-electron chi connectivity index (χ4n) is 1.43. The van der Waals surface area contributed by atoms with Crippen LogP contribution in [0.3, 0.4) is 0 Å². The van der Waals surface area contributed by atoms with Crippen molar-refractivity contribution in [2.24, 2.45) is 0 Å². The Kier molecular flexibility index (Phi) is 1.96. The van der Waals surface area contributed by atoms with Crippen molar-refractivity contribution in [3.05, 3.63) is 48.8 Å². The van der Waals surface area contributed by atoms with Crippen LogP contribution in [0.25, 0.3) is 20.8 Å². The summed E-state index contributed by atoms with van der Waals surface area (Å²) in [5, 5.41) is 1.02. The van der Waals surface area contributed by atoms with Crippen LogP contribution in [-0.4, -0.2) is 9.97 Å². The van der Waals surface area contributed by atoms with E-state index in [-0.39, 0.29) is 0 Å². The molecule has 3 aromatic rings. The van der Waals surface area contributed by atoms with Gasteiger partial charge in [0.15, 0.2) is 0 Å². The van der Waals surface area contributed by atoms with Gasteiger partial charge in [0.1, 0.15) is 5.01 Å². The molecule has 2 aromatic heterocycles. The highest BCUT2D eigenvalue weighted by molar-refractivity contribution is 7.21. The summed E-state index contributed by atoms with van der Waals surface area (Å²) < 4.78 is 1.17. The standard InChI is InChI=1S/C12H7N2S/c1-2-4-11-10(3-1)14-12(15-11)9-5-7-13-8-6-9/h1-2,4-8H.